The highest BCUT2D eigenvalue weighted by Crippen LogP contribution is 2.42. The maximum absolute atomic E-state index is 14.2. The third kappa shape index (κ3) is 5.97. The van der Waals surface area contributed by atoms with Crippen LogP contribution in [0.25, 0.3) is 11.1 Å². The molecule has 1 fully saturated rings. The summed E-state index contributed by atoms with van der Waals surface area (Å²) in [4.78, 5) is 11.2. The van der Waals surface area contributed by atoms with Crippen molar-refractivity contribution in [3.63, 3.8) is 0 Å². The number of carboxylic acid groups (broad SMARTS) is 1. The molecule has 1 N–H and O–H groups in total. The van der Waals surface area contributed by atoms with Gasteiger partial charge < -0.3 is 14.6 Å². The lowest BCUT2D eigenvalue weighted by molar-refractivity contribution is -0.138. The van der Waals surface area contributed by atoms with Crippen LogP contribution >= 0.6 is 0 Å². The van der Waals surface area contributed by atoms with E-state index in [4.69, 9.17) is 9.47 Å². The van der Waals surface area contributed by atoms with Crippen molar-refractivity contribution >= 4 is 5.97 Å². The van der Waals surface area contributed by atoms with E-state index in [0.717, 1.165) is 29.5 Å². The summed E-state index contributed by atoms with van der Waals surface area (Å²) in [6.07, 6.45) is 3.89. The maximum atomic E-state index is 14.2. The van der Waals surface area contributed by atoms with Gasteiger partial charge in [0, 0.05) is 5.56 Å². The number of allylic oxidation sites excluding steroid dienone is 2. The fourth-order valence-electron chi connectivity index (χ4n) is 3.86. The molecular formula is C26H29FO4. The summed E-state index contributed by atoms with van der Waals surface area (Å²) < 4.78 is 25.4. The summed E-state index contributed by atoms with van der Waals surface area (Å²) in [5.74, 6) is 0.495. The molecule has 0 heterocycles. The number of methoxy groups -OCH3 is 1. The van der Waals surface area contributed by atoms with E-state index < -0.39 is 5.97 Å². The van der Waals surface area contributed by atoms with Crippen molar-refractivity contribution in [1.82, 2.24) is 0 Å². The first-order valence-corrected chi connectivity index (χ1v) is 10.5. The van der Waals surface area contributed by atoms with Crippen LogP contribution in [0.5, 0.6) is 5.75 Å². The largest absolute Gasteiger partial charge is 0.497 e. The third-order valence-corrected chi connectivity index (χ3v) is 5.75. The van der Waals surface area contributed by atoms with Crippen LogP contribution in [0.15, 0.2) is 66.5 Å². The van der Waals surface area contributed by atoms with Gasteiger partial charge in [0.2, 0.25) is 0 Å². The Balaban J connectivity index is 1.67. The van der Waals surface area contributed by atoms with E-state index in [9.17, 15) is 14.3 Å². The molecule has 0 saturated heterocycles. The number of ether oxygens (including phenoxy) is 2. The molecule has 4 nitrogen and oxygen atoms in total. The summed E-state index contributed by atoms with van der Waals surface area (Å²) in [6.45, 7) is 7.86. The molecule has 0 amide bonds. The van der Waals surface area contributed by atoms with Crippen molar-refractivity contribution in [2.45, 2.75) is 39.2 Å². The number of hydrogen-bond donors (Lipinski definition) is 1. The molecule has 2 aromatic rings. The highest BCUT2D eigenvalue weighted by molar-refractivity contribution is 5.68. The second kappa shape index (κ2) is 9.82. The number of benzene rings is 2. The molecule has 164 valence electrons. The molecule has 0 bridgehead atoms. The zero-order valence-corrected chi connectivity index (χ0v) is 18.2. The molecule has 1 saturated carbocycles. The fourth-order valence-corrected chi connectivity index (χ4v) is 3.86. The number of carbonyl (C=O) groups is 1. The van der Waals surface area contributed by atoms with Crippen LogP contribution < -0.4 is 4.74 Å². The van der Waals surface area contributed by atoms with Gasteiger partial charge >= 0.3 is 5.97 Å². The molecule has 0 aromatic heterocycles. The second-order valence-electron chi connectivity index (χ2n) is 8.12. The third-order valence-electron chi connectivity index (χ3n) is 5.75. The van der Waals surface area contributed by atoms with Gasteiger partial charge in [0.1, 0.15) is 23.4 Å². The Morgan fingerprint density at radius 3 is 2.52 bits per heavy atom. The van der Waals surface area contributed by atoms with E-state index in [-0.39, 0.29) is 24.3 Å². The quantitative estimate of drug-likeness (QED) is 0.347. The van der Waals surface area contributed by atoms with Crippen LogP contribution in [0.2, 0.25) is 0 Å². The number of aliphatic carboxylic acids is 1. The van der Waals surface area contributed by atoms with Crippen LogP contribution in [0, 0.1) is 17.7 Å². The number of hydrogen-bond acceptors (Lipinski definition) is 3. The van der Waals surface area contributed by atoms with Crippen LogP contribution in [0.3, 0.4) is 0 Å². The Bertz CT molecular complexity index is 973. The topological polar surface area (TPSA) is 55.8 Å². The highest BCUT2D eigenvalue weighted by atomic mass is 19.1. The monoisotopic (exact) mass is 424 g/mol. The van der Waals surface area contributed by atoms with E-state index >= 15 is 0 Å². The molecule has 0 spiro atoms. The van der Waals surface area contributed by atoms with Crippen LogP contribution in [0.1, 0.15) is 44.8 Å². The lowest BCUT2D eigenvalue weighted by atomic mass is 9.91. The number of carboxylic acids is 1. The minimum atomic E-state index is -0.780. The Morgan fingerprint density at radius 2 is 1.94 bits per heavy atom. The van der Waals surface area contributed by atoms with Gasteiger partial charge in [-0.2, -0.15) is 0 Å². The molecule has 1 aliphatic rings. The summed E-state index contributed by atoms with van der Waals surface area (Å²) >= 11 is 0. The fraction of sp³-hybridized carbons (Fsp3) is 0.346. The van der Waals surface area contributed by atoms with Gasteiger partial charge in [0.15, 0.2) is 0 Å². The number of rotatable bonds is 10. The lowest BCUT2D eigenvalue weighted by Gasteiger charge is -2.19. The standard InChI is InChI=1S/C26H29FO4/c1-16(23(15-26(28)29)20-9-10-20)13-17(2)31-18(3)19-5-7-21(8-6-19)24-14-22(30-4)11-12-25(24)27/h5-8,11-14,18,20,23H,2,9-10,15H2,1,3-4H3,(H,28,29). The van der Waals surface area contributed by atoms with E-state index in [1.807, 2.05) is 44.2 Å². The molecule has 5 heteroatoms. The normalized spacial score (nSPS) is 15.8. The number of halogens is 1. The van der Waals surface area contributed by atoms with Crippen LogP contribution in [-0.4, -0.2) is 18.2 Å². The highest BCUT2D eigenvalue weighted by Gasteiger charge is 2.33. The summed E-state index contributed by atoms with van der Waals surface area (Å²) in [5.41, 5.74) is 3.16. The molecular weight excluding hydrogens is 395 g/mol. The van der Waals surface area contributed by atoms with Crippen molar-refractivity contribution < 1.29 is 23.8 Å². The van der Waals surface area contributed by atoms with Crippen molar-refractivity contribution in [2.75, 3.05) is 7.11 Å². The molecule has 1 aliphatic carbocycles. The summed E-state index contributed by atoms with van der Waals surface area (Å²) in [6, 6.07) is 12.2. The Morgan fingerprint density at radius 1 is 1.26 bits per heavy atom. The average Bonchev–Trinajstić information content (AvgIpc) is 3.57. The first kappa shape index (κ1) is 22.6. The molecule has 0 aliphatic heterocycles. The van der Waals surface area contributed by atoms with Gasteiger partial charge in [-0.25, -0.2) is 4.39 Å². The van der Waals surface area contributed by atoms with E-state index in [1.54, 1.807) is 19.2 Å². The van der Waals surface area contributed by atoms with Crippen molar-refractivity contribution in [2.24, 2.45) is 11.8 Å². The zero-order chi connectivity index (χ0) is 22.5. The Labute approximate surface area is 183 Å². The molecule has 3 rings (SSSR count). The van der Waals surface area contributed by atoms with E-state index in [0.29, 0.717) is 23.0 Å². The average molecular weight is 425 g/mol. The zero-order valence-electron chi connectivity index (χ0n) is 18.2. The van der Waals surface area contributed by atoms with E-state index in [2.05, 4.69) is 6.58 Å². The minimum absolute atomic E-state index is 0.0326. The van der Waals surface area contributed by atoms with Crippen molar-refractivity contribution in [3.8, 4) is 16.9 Å². The molecule has 2 unspecified atom stereocenters. The van der Waals surface area contributed by atoms with Gasteiger partial charge in [-0.3, -0.25) is 4.79 Å². The van der Waals surface area contributed by atoms with Gasteiger partial charge in [-0.15, -0.1) is 0 Å². The predicted octanol–water partition coefficient (Wildman–Crippen LogP) is 6.54. The molecule has 2 atom stereocenters. The Kier molecular flexibility index (Phi) is 7.16. The molecule has 2 aromatic carbocycles. The molecule has 0 radical (unpaired) electrons. The van der Waals surface area contributed by atoms with Gasteiger partial charge in [0.25, 0.3) is 0 Å². The van der Waals surface area contributed by atoms with Gasteiger partial charge in [-0.1, -0.05) is 36.4 Å². The first-order chi connectivity index (χ1) is 14.8. The smallest absolute Gasteiger partial charge is 0.303 e. The summed E-state index contributed by atoms with van der Waals surface area (Å²) in [7, 11) is 1.55. The maximum Gasteiger partial charge on any atom is 0.303 e. The van der Waals surface area contributed by atoms with E-state index in [1.165, 1.54) is 6.07 Å². The minimum Gasteiger partial charge on any atom is -0.497 e. The summed E-state index contributed by atoms with van der Waals surface area (Å²) in [5, 5.41) is 9.18. The van der Waals surface area contributed by atoms with Crippen LogP contribution in [-0.2, 0) is 9.53 Å². The van der Waals surface area contributed by atoms with Crippen molar-refractivity contribution in [3.05, 3.63) is 77.8 Å². The Hall–Kier alpha value is -3.08. The predicted molar refractivity (Wildman–Crippen MR) is 119 cm³/mol. The van der Waals surface area contributed by atoms with Gasteiger partial charge in [0.05, 0.1) is 13.5 Å². The van der Waals surface area contributed by atoms with Gasteiger partial charge in [-0.05, 0) is 73.9 Å². The van der Waals surface area contributed by atoms with Crippen LogP contribution in [0.4, 0.5) is 4.39 Å². The lowest BCUT2D eigenvalue weighted by Crippen LogP contribution is -2.11. The second-order valence-corrected chi connectivity index (χ2v) is 8.12. The SMILES string of the molecule is C=C(C=C(C)C(CC(=O)O)C1CC1)OC(C)c1ccc(-c2cc(OC)ccc2F)cc1. The molecule has 31 heavy (non-hydrogen) atoms. The van der Waals surface area contributed by atoms with Crippen molar-refractivity contribution in [1.29, 1.82) is 0 Å². The first-order valence-electron chi connectivity index (χ1n) is 10.5.